The van der Waals surface area contributed by atoms with Crippen LogP contribution in [0.4, 0.5) is 4.39 Å². The fourth-order valence-corrected chi connectivity index (χ4v) is 5.04. The Hall–Kier alpha value is -4.67. The lowest BCUT2D eigenvalue weighted by molar-refractivity contribution is 0.0283. The number of aliphatic hydroxyl groups is 1. The Morgan fingerprint density at radius 2 is 2.05 bits per heavy atom. The predicted octanol–water partition coefficient (Wildman–Crippen LogP) is 3.17. The summed E-state index contributed by atoms with van der Waals surface area (Å²) in [5.74, 6) is 0.660. The lowest BCUT2D eigenvalue weighted by Crippen LogP contribution is -2.36. The van der Waals surface area contributed by atoms with Crippen molar-refractivity contribution in [3.05, 3.63) is 72.5 Å². The number of hydrogen-bond acceptors (Lipinski definition) is 9. The first kappa shape index (κ1) is 26.5. The first-order chi connectivity index (χ1) is 19.8. The molecular formula is C28H29FN10O2. The zero-order chi connectivity index (χ0) is 28.6. The Morgan fingerprint density at radius 3 is 2.78 bits per heavy atom. The fourth-order valence-electron chi connectivity index (χ4n) is 5.04. The van der Waals surface area contributed by atoms with E-state index in [9.17, 15) is 14.8 Å². The van der Waals surface area contributed by atoms with Gasteiger partial charge in [-0.2, -0.15) is 15.5 Å². The average Bonchev–Trinajstić information content (AvgIpc) is 3.71. The topological polar surface area (TPSA) is 135 Å². The Balaban J connectivity index is 1.20. The molecule has 1 aliphatic rings. The Morgan fingerprint density at radius 1 is 1.17 bits per heavy atom. The number of hydrogen-bond donors (Lipinski definition) is 1. The number of fused-ring (bicyclic) bond motifs is 1. The van der Waals surface area contributed by atoms with Crippen molar-refractivity contribution in [2.75, 3.05) is 19.7 Å². The molecular weight excluding hydrogens is 527 g/mol. The third-order valence-corrected chi connectivity index (χ3v) is 6.95. The molecule has 0 bridgehead atoms. The van der Waals surface area contributed by atoms with Gasteiger partial charge in [-0.25, -0.2) is 18.6 Å². The molecule has 6 rings (SSSR count). The van der Waals surface area contributed by atoms with Gasteiger partial charge in [-0.15, -0.1) is 5.10 Å². The van der Waals surface area contributed by atoms with E-state index in [1.54, 1.807) is 32.4 Å². The molecule has 5 aromatic heterocycles. The summed E-state index contributed by atoms with van der Waals surface area (Å²) >= 11 is 0. The molecule has 1 aliphatic heterocycles. The van der Waals surface area contributed by atoms with Crippen LogP contribution in [0.1, 0.15) is 44.0 Å². The van der Waals surface area contributed by atoms with Crippen molar-refractivity contribution in [2.24, 2.45) is 0 Å². The molecule has 0 radical (unpaired) electrons. The molecule has 13 heteroatoms. The molecule has 210 valence electrons. The molecule has 41 heavy (non-hydrogen) atoms. The second kappa shape index (κ2) is 10.7. The van der Waals surface area contributed by atoms with E-state index in [2.05, 4.69) is 31.4 Å². The molecule has 1 N–H and O–H groups in total. The molecule has 0 aromatic carbocycles. The lowest BCUT2D eigenvalue weighted by atomic mass is 10.0. The van der Waals surface area contributed by atoms with E-state index in [0.29, 0.717) is 17.1 Å². The van der Waals surface area contributed by atoms with E-state index in [0.717, 1.165) is 55.4 Å². The van der Waals surface area contributed by atoms with Crippen LogP contribution >= 0.6 is 0 Å². The summed E-state index contributed by atoms with van der Waals surface area (Å²) in [6.07, 6.45) is 11.7. The molecule has 12 nitrogen and oxygen atoms in total. The van der Waals surface area contributed by atoms with Crippen molar-refractivity contribution in [1.82, 2.24) is 44.3 Å². The van der Waals surface area contributed by atoms with Crippen LogP contribution < -0.4 is 4.74 Å². The van der Waals surface area contributed by atoms with Crippen LogP contribution in [0.2, 0.25) is 0 Å². The standard InChI is InChI=1S/C28H29FN10O2/c1-28(2,40)18-41-23-8-24(27-25(9-30)34-35-39(27)17-23)20-11-32-37(14-20)22-4-3-7-36(16-22)13-19-5-6-26(31-10-19)38-15-21(29)12-33-38/h5-6,8,10-12,14-15,17,22,40H,3-4,7,13,16,18H2,1-2H3/t22-/m0/s1. The number of ether oxygens (including phenoxy) is 1. The summed E-state index contributed by atoms with van der Waals surface area (Å²) in [6.45, 7) is 5.94. The number of halogens is 1. The number of piperidine rings is 1. The highest BCUT2D eigenvalue weighted by Crippen LogP contribution is 2.32. The van der Waals surface area contributed by atoms with Gasteiger partial charge in [-0.3, -0.25) is 9.58 Å². The Labute approximate surface area is 235 Å². The average molecular weight is 557 g/mol. The number of aromatic nitrogens is 8. The van der Waals surface area contributed by atoms with Crippen molar-refractivity contribution in [3.63, 3.8) is 0 Å². The van der Waals surface area contributed by atoms with Gasteiger partial charge in [0, 0.05) is 36.6 Å². The van der Waals surface area contributed by atoms with E-state index >= 15 is 0 Å². The van der Waals surface area contributed by atoms with E-state index in [1.165, 1.54) is 15.4 Å². The van der Waals surface area contributed by atoms with Gasteiger partial charge in [0.05, 0.1) is 36.4 Å². The van der Waals surface area contributed by atoms with E-state index in [-0.39, 0.29) is 18.3 Å². The largest absolute Gasteiger partial charge is 0.489 e. The van der Waals surface area contributed by atoms with Crippen molar-refractivity contribution < 1.29 is 14.2 Å². The minimum Gasteiger partial charge on any atom is -0.489 e. The molecule has 6 heterocycles. The van der Waals surface area contributed by atoms with Gasteiger partial charge < -0.3 is 9.84 Å². The highest BCUT2D eigenvalue weighted by Gasteiger charge is 2.24. The second-order valence-electron chi connectivity index (χ2n) is 10.9. The maximum atomic E-state index is 13.3. The lowest BCUT2D eigenvalue weighted by Gasteiger charge is -2.32. The van der Waals surface area contributed by atoms with Crippen LogP contribution in [-0.4, -0.2) is 74.7 Å². The van der Waals surface area contributed by atoms with Crippen LogP contribution in [0, 0.1) is 17.1 Å². The number of nitrogens with zero attached hydrogens (tertiary/aromatic N) is 10. The second-order valence-corrected chi connectivity index (χ2v) is 10.9. The predicted molar refractivity (Wildman–Crippen MR) is 146 cm³/mol. The third kappa shape index (κ3) is 5.79. The molecule has 0 saturated carbocycles. The Bertz CT molecular complexity index is 1710. The number of nitriles is 1. The summed E-state index contributed by atoms with van der Waals surface area (Å²) < 4.78 is 24.0. The summed E-state index contributed by atoms with van der Waals surface area (Å²) in [5.41, 5.74) is 2.37. The molecule has 0 spiro atoms. The summed E-state index contributed by atoms with van der Waals surface area (Å²) in [4.78, 5) is 6.81. The highest BCUT2D eigenvalue weighted by atomic mass is 19.1. The van der Waals surface area contributed by atoms with Crippen LogP contribution in [0.3, 0.4) is 0 Å². The maximum absolute atomic E-state index is 13.3. The Kier molecular flexibility index (Phi) is 6.94. The van der Waals surface area contributed by atoms with Gasteiger partial charge in [0.15, 0.2) is 17.3 Å². The van der Waals surface area contributed by atoms with Gasteiger partial charge in [0.2, 0.25) is 0 Å². The number of rotatable bonds is 8. The minimum atomic E-state index is -1.01. The van der Waals surface area contributed by atoms with Gasteiger partial charge in [-0.05, 0) is 50.9 Å². The van der Waals surface area contributed by atoms with Crippen LogP contribution in [-0.2, 0) is 6.54 Å². The molecule has 0 unspecified atom stereocenters. The van der Waals surface area contributed by atoms with Crippen LogP contribution in [0.5, 0.6) is 5.75 Å². The smallest absolute Gasteiger partial charge is 0.191 e. The quantitative estimate of drug-likeness (QED) is 0.306. The van der Waals surface area contributed by atoms with Gasteiger partial charge in [0.25, 0.3) is 0 Å². The molecule has 5 aromatic rings. The van der Waals surface area contributed by atoms with E-state index < -0.39 is 11.4 Å². The van der Waals surface area contributed by atoms with Gasteiger partial charge >= 0.3 is 0 Å². The zero-order valence-electron chi connectivity index (χ0n) is 22.7. The monoisotopic (exact) mass is 556 g/mol. The SMILES string of the molecule is CC(C)(O)COc1cc(-c2cnn([C@H]3CCCN(Cc4ccc(-n5cc(F)cn5)nc4)C3)c2)c2c(C#N)nnn2c1. The number of likely N-dealkylation sites (tertiary alicyclic amines) is 1. The first-order valence-electron chi connectivity index (χ1n) is 13.3. The summed E-state index contributed by atoms with van der Waals surface area (Å²) in [7, 11) is 0. The molecule has 1 fully saturated rings. The summed E-state index contributed by atoms with van der Waals surface area (Å²) in [6, 6.07) is 7.93. The maximum Gasteiger partial charge on any atom is 0.191 e. The van der Waals surface area contributed by atoms with Crippen molar-refractivity contribution in [2.45, 2.75) is 44.9 Å². The van der Waals surface area contributed by atoms with Crippen LogP contribution in [0.15, 0.2) is 55.4 Å². The molecule has 0 aliphatic carbocycles. The third-order valence-electron chi connectivity index (χ3n) is 6.95. The molecule has 1 atom stereocenters. The summed E-state index contributed by atoms with van der Waals surface area (Å²) in [5, 5.41) is 36.5. The first-order valence-corrected chi connectivity index (χ1v) is 13.3. The fraction of sp³-hybridized carbons (Fsp3) is 0.357. The van der Waals surface area contributed by atoms with Gasteiger partial charge in [-0.1, -0.05) is 11.3 Å². The van der Waals surface area contributed by atoms with Crippen molar-refractivity contribution in [1.29, 1.82) is 5.26 Å². The zero-order valence-corrected chi connectivity index (χ0v) is 22.7. The molecule has 1 saturated heterocycles. The van der Waals surface area contributed by atoms with Crippen molar-refractivity contribution >= 4 is 5.52 Å². The molecule has 0 amide bonds. The minimum absolute atomic E-state index is 0.0922. The van der Waals surface area contributed by atoms with E-state index in [4.69, 9.17) is 9.84 Å². The van der Waals surface area contributed by atoms with E-state index in [1.807, 2.05) is 29.1 Å². The highest BCUT2D eigenvalue weighted by molar-refractivity contribution is 5.83. The normalized spacial score (nSPS) is 16.2. The number of pyridine rings is 2. The van der Waals surface area contributed by atoms with Crippen molar-refractivity contribution in [3.8, 4) is 28.8 Å². The van der Waals surface area contributed by atoms with Gasteiger partial charge in [0.1, 0.15) is 23.9 Å². The van der Waals surface area contributed by atoms with Crippen LogP contribution in [0.25, 0.3) is 22.5 Å².